The maximum atomic E-state index is 14.1. The predicted octanol–water partition coefficient (Wildman–Crippen LogP) is 1.14. The first-order valence-electron chi connectivity index (χ1n) is 10.9. The van der Waals surface area contributed by atoms with Crippen LogP contribution in [0.25, 0.3) is 0 Å². The van der Waals surface area contributed by atoms with Gasteiger partial charge in [-0.05, 0) is 18.2 Å². The van der Waals surface area contributed by atoms with Crippen molar-refractivity contribution in [3.8, 4) is 0 Å². The number of rotatable bonds is 5. The molecule has 31 heavy (non-hydrogen) atoms. The molecule has 2 aliphatic heterocycles. The normalized spacial score (nSPS) is 18.4. The fourth-order valence-electron chi connectivity index (χ4n) is 4.15. The molecule has 2 aliphatic rings. The number of anilines is 2. The zero-order chi connectivity index (χ0) is 21.5. The molecule has 0 amide bonds. The average Bonchev–Trinajstić information content (AvgIpc) is 2.83. The van der Waals surface area contributed by atoms with Crippen LogP contribution in [0.4, 0.5) is 16.0 Å². The van der Waals surface area contributed by atoms with Gasteiger partial charge in [-0.15, -0.1) is 0 Å². The molecule has 0 aliphatic carbocycles. The van der Waals surface area contributed by atoms with E-state index in [1.165, 1.54) is 6.07 Å². The van der Waals surface area contributed by atoms with E-state index >= 15 is 0 Å². The molecular weight excluding hydrogens is 395 g/mol. The largest absolute Gasteiger partial charge is 0.366 e. The summed E-state index contributed by atoms with van der Waals surface area (Å²) in [5.74, 6) is 1.58. The number of hydrogen-bond donors (Lipinski definition) is 1. The molecule has 2 fully saturated rings. The lowest BCUT2D eigenvalue weighted by atomic mass is 10.2. The van der Waals surface area contributed by atoms with Gasteiger partial charge in [0.1, 0.15) is 5.82 Å². The summed E-state index contributed by atoms with van der Waals surface area (Å²) in [6.45, 7) is 8.91. The number of para-hydroxylation sites is 1. The number of halogens is 1. The van der Waals surface area contributed by atoms with Crippen LogP contribution < -0.4 is 15.1 Å². The Bertz CT molecular complexity index is 846. The lowest BCUT2D eigenvalue weighted by Gasteiger charge is -2.38. The lowest BCUT2D eigenvalue weighted by Crippen LogP contribution is -2.54. The van der Waals surface area contributed by atoms with Crippen molar-refractivity contribution in [2.24, 2.45) is 4.99 Å². The molecule has 9 heteroatoms. The van der Waals surface area contributed by atoms with Gasteiger partial charge in [-0.1, -0.05) is 12.1 Å². The molecule has 1 aromatic carbocycles. The van der Waals surface area contributed by atoms with Crippen molar-refractivity contribution in [1.82, 2.24) is 25.1 Å². The van der Waals surface area contributed by atoms with Crippen LogP contribution in [0.15, 0.2) is 47.7 Å². The van der Waals surface area contributed by atoms with Crippen molar-refractivity contribution in [3.05, 3.63) is 48.5 Å². The Morgan fingerprint density at radius 3 is 2.29 bits per heavy atom. The van der Waals surface area contributed by atoms with Gasteiger partial charge in [0, 0.05) is 84.9 Å². The highest BCUT2D eigenvalue weighted by molar-refractivity contribution is 5.80. The third-order valence-corrected chi connectivity index (χ3v) is 5.90. The molecule has 0 unspecified atom stereocenters. The maximum Gasteiger partial charge on any atom is 0.225 e. The Balaban J connectivity index is 1.18. The van der Waals surface area contributed by atoms with E-state index in [1.807, 2.05) is 25.2 Å². The van der Waals surface area contributed by atoms with Crippen LogP contribution in [0.5, 0.6) is 0 Å². The first-order valence-corrected chi connectivity index (χ1v) is 10.9. The molecule has 0 radical (unpaired) electrons. The minimum Gasteiger partial charge on any atom is -0.366 e. The molecule has 1 aromatic heterocycles. The number of nitrogens with one attached hydrogen (secondary N) is 1. The maximum absolute atomic E-state index is 14.1. The Kier molecular flexibility index (Phi) is 7.14. The molecular formula is C22H31FN8. The second-order valence-corrected chi connectivity index (χ2v) is 7.78. The summed E-state index contributed by atoms with van der Waals surface area (Å²) < 4.78 is 14.1. The van der Waals surface area contributed by atoms with Crippen molar-refractivity contribution >= 4 is 17.6 Å². The highest BCUT2D eigenvalue weighted by Gasteiger charge is 2.22. The van der Waals surface area contributed by atoms with E-state index in [4.69, 9.17) is 0 Å². The van der Waals surface area contributed by atoms with Crippen LogP contribution in [-0.4, -0.2) is 98.2 Å². The second kappa shape index (κ2) is 10.4. The van der Waals surface area contributed by atoms with Crippen LogP contribution in [-0.2, 0) is 0 Å². The number of nitrogens with zero attached hydrogens (tertiary/aromatic N) is 7. The fraction of sp³-hybridized carbons (Fsp3) is 0.500. The third kappa shape index (κ3) is 5.41. The molecule has 0 atom stereocenters. The zero-order valence-electron chi connectivity index (χ0n) is 18.1. The lowest BCUT2D eigenvalue weighted by molar-refractivity contribution is 0.258. The number of aliphatic imine (C=N–C) groups is 1. The Labute approximate surface area is 183 Å². The standard InChI is InChI=1S/C22H31FN8/c1-24-21(30-17-15-29(16-18-30)20-6-3-2-5-19(20)23)27-9-10-28-11-13-31(14-12-28)22-25-7-4-8-26-22/h2-8H,9-18H2,1H3,(H,24,27). The van der Waals surface area contributed by atoms with Crippen LogP contribution >= 0.6 is 0 Å². The number of benzene rings is 1. The molecule has 1 N–H and O–H groups in total. The highest BCUT2D eigenvalue weighted by atomic mass is 19.1. The first-order chi connectivity index (χ1) is 15.2. The van der Waals surface area contributed by atoms with E-state index < -0.39 is 0 Å². The molecule has 3 heterocycles. The summed E-state index contributed by atoms with van der Waals surface area (Å²) in [7, 11) is 1.82. The molecule has 2 aromatic rings. The van der Waals surface area contributed by atoms with Crippen molar-refractivity contribution < 1.29 is 4.39 Å². The molecule has 166 valence electrons. The molecule has 0 bridgehead atoms. The van der Waals surface area contributed by atoms with Gasteiger partial charge < -0.3 is 20.0 Å². The van der Waals surface area contributed by atoms with Gasteiger partial charge in [0.25, 0.3) is 0 Å². The smallest absolute Gasteiger partial charge is 0.225 e. The quantitative estimate of drug-likeness (QED) is 0.568. The second-order valence-electron chi connectivity index (χ2n) is 7.78. The minimum absolute atomic E-state index is 0.155. The monoisotopic (exact) mass is 426 g/mol. The number of piperazine rings is 2. The SMILES string of the molecule is CN=C(NCCN1CCN(c2ncccn2)CC1)N1CCN(c2ccccc2F)CC1. The van der Waals surface area contributed by atoms with Crippen LogP contribution in [0.2, 0.25) is 0 Å². The van der Waals surface area contributed by atoms with Crippen molar-refractivity contribution in [3.63, 3.8) is 0 Å². The van der Waals surface area contributed by atoms with Gasteiger partial charge in [-0.3, -0.25) is 9.89 Å². The summed E-state index contributed by atoms with van der Waals surface area (Å²) in [4.78, 5) is 22.2. The van der Waals surface area contributed by atoms with E-state index in [9.17, 15) is 4.39 Å². The van der Waals surface area contributed by atoms with E-state index in [0.29, 0.717) is 5.69 Å². The van der Waals surface area contributed by atoms with E-state index in [2.05, 4.69) is 39.9 Å². The van der Waals surface area contributed by atoms with Crippen LogP contribution in [0, 0.1) is 5.82 Å². The van der Waals surface area contributed by atoms with Crippen molar-refractivity contribution in [1.29, 1.82) is 0 Å². The van der Waals surface area contributed by atoms with E-state index in [-0.39, 0.29) is 5.82 Å². The molecule has 8 nitrogen and oxygen atoms in total. The van der Waals surface area contributed by atoms with Crippen molar-refractivity contribution in [2.75, 3.05) is 82.3 Å². The summed E-state index contributed by atoms with van der Waals surface area (Å²) >= 11 is 0. The summed E-state index contributed by atoms with van der Waals surface area (Å²) in [5, 5.41) is 3.50. The third-order valence-electron chi connectivity index (χ3n) is 5.90. The number of guanidine groups is 1. The average molecular weight is 427 g/mol. The summed E-state index contributed by atoms with van der Waals surface area (Å²) in [6, 6.07) is 8.84. The molecule has 4 rings (SSSR count). The Morgan fingerprint density at radius 1 is 0.935 bits per heavy atom. The number of hydrogen-bond acceptors (Lipinski definition) is 6. The summed E-state index contributed by atoms with van der Waals surface area (Å²) in [6.07, 6.45) is 3.58. The summed E-state index contributed by atoms with van der Waals surface area (Å²) in [5.41, 5.74) is 0.685. The fourth-order valence-corrected chi connectivity index (χ4v) is 4.15. The van der Waals surface area contributed by atoms with E-state index in [1.54, 1.807) is 18.5 Å². The topological polar surface area (TPSA) is 63.1 Å². The zero-order valence-corrected chi connectivity index (χ0v) is 18.1. The van der Waals surface area contributed by atoms with Gasteiger partial charge in [-0.2, -0.15) is 0 Å². The Morgan fingerprint density at radius 2 is 1.61 bits per heavy atom. The van der Waals surface area contributed by atoms with Gasteiger partial charge in [0.05, 0.1) is 5.69 Å². The van der Waals surface area contributed by atoms with Crippen LogP contribution in [0.1, 0.15) is 0 Å². The molecule has 0 spiro atoms. The van der Waals surface area contributed by atoms with Gasteiger partial charge >= 0.3 is 0 Å². The predicted molar refractivity (Wildman–Crippen MR) is 122 cm³/mol. The van der Waals surface area contributed by atoms with Gasteiger partial charge in [-0.25, -0.2) is 14.4 Å². The van der Waals surface area contributed by atoms with Gasteiger partial charge in [0.15, 0.2) is 5.96 Å². The van der Waals surface area contributed by atoms with Gasteiger partial charge in [0.2, 0.25) is 5.95 Å². The van der Waals surface area contributed by atoms with Crippen molar-refractivity contribution in [2.45, 2.75) is 0 Å². The first kappa shape index (κ1) is 21.3. The highest BCUT2D eigenvalue weighted by Crippen LogP contribution is 2.20. The molecule has 2 saturated heterocycles. The minimum atomic E-state index is -0.155. The van der Waals surface area contributed by atoms with E-state index in [0.717, 1.165) is 77.4 Å². The molecule has 0 saturated carbocycles. The number of aromatic nitrogens is 2. The van der Waals surface area contributed by atoms with Crippen LogP contribution in [0.3, 0.4) is 0 Å². The Hall–Kier alpha value is -2.94.